The number of aromatic hydroxyl groups is 1. The van der Waals surface area contributed by atoms with E-state index in [9.17, 15) is 29.6 Å². The van der Waals surface area contributed by atoms with E-state index in [2.05, 4.69) is 0 Å². The van der Waals surface area contributed by atoms with Crippen LogP contribution in [0.5, 0.6) is 11.5 Å². The Bertz CT molecular complexity index is 1390. The lowest BCUT2D eigenvalue weighted by Crippen LogP contribution is -2.57. The number of nitrogens with zero attached hydrogens (tertiary/aromatic N) is 3. The van der Waals surface area contributed by atoms with Gasteiger partial charge in [0.1, 0.15) is 5.57 Å². The van der Waals surface area contributed by atoms with E-state index in [0.717, 1.165) is 21.9 Å². The molecule has 182 valence electrons. The van der Waals surface area contributed by atoms with Crippen molar-refractivity contribution in [2.24, 2.45) is 0 Å². The topological polar surface area (TPSA) is 130 Å². The number of nitro groups is 1. The average Bonchev–Trinajstić information content (AvgIpc) is 2.84. The van der Waals surface area contributed by atoms with Crippen LogP contribution in [0.1, 0.15) is 16.7 Å². The molecule has 1 saturated heterocycles. The van der Waals surface area contributed by atoms with Crippen LogP contribution in [-0.2, 0) is 9.59 Å². The Hall–Kier alpha value is -4.99. The van der Waals surface area contributed by atoms with Gasteiger partial charge in [0.15, 0.2) is 5.75 Å². The van der Waals surface area contributed by atoms with Gasteiger partial charge in [-0.25, -0.2) is 14.6 Å². The maximum Gasteiger partial charge on any atom is 0.343 e. The molecule has 0 radical (unpaired) electrons. The molecule has 0 saturated carbocycles. The van der Waals surface area contributed by atoms with Crippen molar-refractivity contribution < 1.29 is 29.2 Å². The molecule has 3 aromatic carbocycles. The Morgan fingerprint density at radius 1 is 0.889 bits per heavy atom. The summed E-state index contributed by atoms with van der Waals surface area (Å²) in [7, 11) is 1.21. The van der Waals surface area contributed by atoms with E-state index < -0.39 is 39.8 Å². The van der Waals surface area contributed by atoms with E-state index in [1.54, 1.807) is 62.4 Å². The standard InChI is InChI=1S/C26H21N3O7/c1-15-8-4-6-10-19(15)27-24(31)18(12-17-13-21(29(34)35)23(30)22(14-17)36-3)25(32)28(26(27)33)20-11-7-5-9-16(20)2/h4-14,30H,1-3H3. The zero-order valence-electron chi connectivity index (χ0n) is 19.6. The number of phenols is 1. The summed E-state index contributed by atoms with van der Waals surface area (Å²) in [6.07, 6.45) is 1.14. The summed E-state index contributed by atoms with van der Waals surface area (Å²) in [6, 6.07) is 14.9. The number of amides is 4. The molecule has 1 aliphatic rings. The van der Waals surface area contributed by atoms with E-state index in [4.69, 9.17) is 4.74 Å². The first-order chi connectivity index (χ1) is 17.1. The molecule has 0 unspecified atom stereocenters. The third-order valence-electron chi connectivity index (χ3n) is 5.77. The summed E-state index contributed by atoms with van der Waals surface area (Å²) in [6.45, 7) is 3.45. The van der Waals surface area contributed by atoms with Gasteiger partial charge in [0.25, 0.3) is 11.8 Å². The van der Waals surface area contributed by atoms with Crippen LogP contribution in [0.3, 0.4) is 0 Å². The molecule has 0 atom stereocenters. The first kappa shape index (κ1) is 24.1. The van der Waals surface area contributed by atoms with Crippen LogP contribution in [0.2, 0.25) is 0 Å². The van der Waals surface area contributed by atoms with Gasteiger partial charge in [-0.2, -0.15) is 0 Å². The molecule has 10 heteroatoms. The van der Waals surface area contributed by atoms with Crippen molar-refractivity contribution in [2.75, 3.05) is 16.9 Å². The van der Waals surface area contributed by atoms with E-state index >= 15 is 0 Å². The second kappa shape index (κ2) is 9.34. The highest BCUT2D eigenvalue weighted by molar-refractivity contribution is 6.46. The summed E-state index contributed by atoms with van der Waals surface area (Å²) in [4.78, 5) is 53.2. The zero-order valence-corrected chi connectivity index (χ0v) is 19.6. The number of rotatable bonds is 5. The van der Waals surface area contributed by atoms with Crippen molar-refractivity contribution in [3.63, 3.8) is 0 Å². The van der Waals surface area contributed by atoms with Crippen LogP contribution in [-0.4, -0.2) is 35.0 Å². The molecule has 0 spiro atoms. The van der Waals surface area contributed by atoms with Crippen LogP contribution in [0, 0.1) is 24.0 Å². The zero-order chi connectivity index (χ0) is 26.1. The number of carbonyl (C=O) groups is 3. The Labute approximate surface area is 205 Å². The number of urea groups is 1. The van der Waals surface area contributed by atoms with Crippen molar-refractivity contribution in [3.05, 3.63) is 93.0 Å². The van der Waals surface area contributed by atoms with Crippen molar-refractivity contribution in [3.8, 4) is 11.5 Å². The minimum atomic E-state index is -0.890. The molecule has 3 aromatic rings. The maximum atomic E-state index is 13.6. The number of nitro benzene ring substituents is 1. The van der Waals surface area contributed by atoms with Crippen LogP contribution < -0.4 is 14.5 Å². The van der Waals surface area contributed by atoms with Gasteiger partial charge in [-0.15, -0.1) is 0 Å². The number of ether oxygens (including phenoxy) is 1. The molecule has 4 amide bonds. The number of imide groups is 2. The molecule has 0 aliphatic carbocycles. The highest BCUT2D eigenvalue weighted by atomic mass is 16.6. The van der Waals surface area contributed by atoms with E-state index in [1.807, 2.05) is 0 Å². The van der Waals surface area contributed by atoms with E-state index in [1.165, 1.54) is 13.2 Å². The molecule has 36 heavy (non-hydrogen) atoms. The van der Waals surface area contributed by atoms with Crippen LogP contribution in [0.4, 0.5) is 21.9 Å². The Kier molecular flexibility index (Phi) is 6.26. The first-order valence-electron chi connectivity index (χ1n) is 10.8. The molecule has 1 heterocycles. The fourth-order valence-corrected chi connectivity index (χ4v) is 3.94. The summed E-state index contributed by atoms with van der Waals surface area (Å²) >= 11 is 0. The molecule has 1 fully saturated rings. The van der Waals surface area contributed by atoms with Gasteiger partial charge in [0.05, 0.1) is 23.4 Å². The monoisotopic (exact) mass is 487 g/mol. The predicted molar refractivity (Wildman–Crippen MR) is 132 cm³/mol. The van der Waals surface area contributed by atoms with Crippen LogP contribution >= 0.6 is 0 Å². The largest absolute Gasteiger partial charge is 0.500 e. The van der Waals surface area contributed by atoms with Gasteiger partial charge in [-0.05, 0) is 54.8 Å². The fraction of sp³-hybridized carbons (Fsp3) is 0.115. The quantitative estimate of drug-likeness (QED) is 0.242. The summed E-state index contributed by atoms with van der Waals surface area (Å²) < 4.78 is 5.02. The van der Waals surface area contributed by atoms with E-state index in [0.29, 0.717) is 22.5 Å². The number of barbiturate groups is 1. The number of methoxy groups -OCH3 is 1. The second-order valence-corrected chi connectivity index (χ2v) is 8.04. The normalized spacial score (nSPS) is 13.8. The lowest BCUT2D eigenvalue weighted by Gasteiger charge is -2.35. The highest BCUT2D eigenvalue weighted by Gasteiger charge is 2.44. The molecule has 1 aliphatic heterocycles. The summed E-state index contributed by atoms with van der Waals surface area (Å²) in [5, 5.41) is 21.5. The minimum absolute atomic E-state index is 0.0527. The van der Waals surface area contributed by atoms with Gasteiger partial charge in [0.2, 0.25) is 5.75 Å². The van der Waals surface area contributed by atoms with Crippen molar-refractivity contribution >= 4 is 41.0 Å². The van der Waals surface area contributed by atoms with Crippen LogP contribution in [0.25, 0.3) is 6.08 Å². The SMILES string of the molecule is COc1cc(C=C2C(=O)N(c3ccccc3C)C(=O)N(c3ccccc3C)C2=O)cc([N+](=O)[O-])c1O. The number of aryl methyl sites for hydroxylation is 2. The van der Waals surface area contributed by atoms with Crippen molar-refractivity contribution in [2.45, 2.75) is 13.8 Å². The van der Waals surface area contributed by atoms with Crippen molar-refractivity contribution in [1.29, 1.82) is 0 Å². The maximum absolute atomic E-state index is 13.6. The number of hydrogen-bond donors (Lipinski definition) is 1. The number of phenolic OH excluding ortho intramolecular Hbond substituents is 1. The number of carbonyl (C=O) groups excluding carboxylic acids is 3. The average molecular weight is 487 g/mol. The molecular formula is C26H21N3O7. The summed E-state index contributed by atoms with van der Waals surface area (Å²) in [5.41, 5.74) is 0.816. The lowest BCUT2D eigenvalue weighted by molar-refractivity contribution is -0.386. The first-order valence-corrected chi connectivity index (χ1v) is 10.8. The number of benzene rings is 3. The predicted octanol–water partition coefficient (Wildman–Crippen LogP) is 4.51. The van der Waals surface area contributed by atoms with Gasteiger partial charge >= 0.3 is 11.7 Å². The molecular weight excluding hydrogens is 466 g/mol. The van der Waals surface area contributed by atoms with Gasteiger partial charge in [-0.1, -0.05) is 36.4 Å². The Balaban J connectivity index is 1.95. The molecule has 4 rings (SSSR count). The molecule has 0 bridgehead atoms. The van der Waals surface area contributed by atoms with E-state index in [-0.39, 0.29) is 11.3 Å². The van der Waals surface area contributed by atoms with Gasteiger partial charge in [-0.3, -0.25) is 19.7 Å². The number of para-hydroxylation sites is 2. The fourth-order valence-electron chi connectivity index (χ4n) is 3.94. The van der Waals surface area contributed by atoms with Gasteiger partial charge in [0, 0.05) is 6.07 Å². The van der Waals surface area contributed by atoms with Crippen LogP contribution in [0.15, 0.2) is 66.2 Å². The number of anilines is 2. The lowest BCUT2D eigenvalue weighted by atomic mass is 10.0. The second-order valence-electron chi connectivity index (χ2n) is 8.04. The Morgan fingerprint density at radius 2 is 1.39 bits per heavy atom. The van der Waals surface area contributed by atoms with Crippen molar-refractivity contribution in [1.82, 2.24) is 0 Å². The third-order valence-corrected chi connectivity index (χ3v) is 5.77. The van der Waals surface area contributed by atoms with Gasteiger partial charge < -0.3 is 9.84 Å². The smallest absolute Gasteiger partial charge is 0.343 e. The Morgan fingerprint density at radius 3 is 1.83 bits per heavy atom. The minimum Gasteiger partial charge on any atom is -0.500 e. The number of hydrogen-bond acceptors (Lipinski definition) is 7. The summed E-state index contributed by atoms with van der Waals surface area (Å²) in [5.74, 6) is -2.68. The third kappa shape index (κ3) is 4.05. The highest BCUT2D eigenvalue weighted by Crippen LogP contribution is 2.38. The molecule has 0 aromatic heterocycles. The molecule has 1 N–H and O–H groups in total. The molecule has 10 nitrogen and oxygen atoms in total.